The highest BCUT2D eigenvalue weighted by atomic mass is 32.1. The highest BCUT2D eigenvalue weighted by molar-refractivity contribution is 7.09. The Labute approximate surface area is 204 Å². The number of piperazine rings is 1. The zero-order valence-corrected chi connectivity index (χ0v) is 20.7. The van der Waals surface area contributed by atoms with Crippen molar-refractivity contribution in [1.82, 2.24) is 9.80 Å². The number of hydrogen-bond acceptors (Lipinski definition) is 3. The van der Waals surface area contributed by atoms with Gasteiger partial charge in [-0.15, -0.1) is 11.3 Å². The predicted octanol–water partition coefficient (Wildman–Crippen LogP) is 6.67. The summed E-state index contributed by atoms with van der Waals surface area (Å²) in [5, 5.41) is 2.20. The van der Waals surface area contributed by atoms with Crippen LogP contribution < -0.4 is 0 Å². The summed E-state index contributed by atoms with van der Waals surface area (Å²) in [5.74, 6) is 0. The second-order valence-electron chi connectivity index (χ2n) is 10.3. The highest BCUT2D eigenvalue weighted by Crippen LogP contribution is 2.42. The molecule has 174 valence electrons. The van der Waals surface area contributed by atoms with Crippen molar-refractivity contribution < 1.29 is 0 Å². The Bertz CT molecular complexity index is 904. The molecule has 1 aliphatic carbocycles. The molecule has 1 unspecified atom stereocenters. The Morgan fingerprint density at radius 3 is 2.00 bits per heavy atom. The molecule has 33 heavy (non-hydrogen) atoms. The summed E-state index contributed by atoms with van der Waals surface area (Å²) < 4.78 is 0. The average molecular weight is 459 g/mol. The van der Waals surface area contributed by atoms with E-state index in [0.717, 1.165) is 12.6 Å². The summed E-state index contributed by atoms with van der Waals surface area (Å²) in [7, 11) is 0. The maximum absolute atomic E-state index is 2.83. The van der Waals surface area contributed by atoms with Gasteiger partial charge in [0.1, 0.15) is 0 Å². The van der Waals surface area contributed by atoms with Crippen LogP contribution in [0.15, 0.2) is 78.2 Å². The van der Waals surface area contributed by atoms with E-state index >= 15 is 0 Å². The molecule has 2 aliphatic rings. The quantitative estimate of drug-likeness (QED) is 0.365. The third kappa shape index (κ3) is 6.15. The second kappa shape index (κ2) is 11.0. The van der Waals surface area contributed by atoms with Crippen LogP contribution >= 0.6 is 11.3 Å². The average Bonchev–Trinajstić information content (AvgIpc) is 3.28. The lowest BCUT2D eigenvalue weighted by atomic mass is 9.71. The van der Waals surface area contributed by atoms with Crippen LogP contribution in [0.1, 0.15) is 48.1 Å². The molecule has 5 rings (SSSR count). The number of benzene rings is 2. The van der Waals surface area contributed by atoms with Crippen LogP contribution in [0.3, 0.4) is 0 Å². The largest absolute Gasteiger partial charge is 0.298 e. The minimum Gasteiger partial charge on any atom is -0.298 e. The van der Waals surface area contributed by atoms with Crippen molar-refractivity contribution in [3.63, 3.8) is 0 Å². The summed E-state index contributed by atoms with van der Waals surface area (Å²) in [6.07, 6.45) is 9.21. The maximum atomic E-state index is 2.83. The van der Waals surface area contributed by atoms with Crippen LogP contribution in [0.4, 0.5) is 0 Å². The highest BCUT2D eigenvalue weighted by Gasteiger charge is 2.35. The van der Waals surface area contributed by atoms with Gasteiger partial charge in [-0.2, -0.15) is 0 Å². The van der Waals surface area contributed by atoms with Crippen LogP contribution in [0.2, 0.25) is 0 Å². The predicted molar refractivity (Wildman–Crippen MR) is 141 cm³/mol. The summed E-state index contributed by atoms with van der Waals surface area (Å²) in [6.45, 7) is 6.04. The molecule has 1 saturated carbocycles. The molecule has 1 aromatic heterocycles. The van der Waals surface area contributed by atoms with Gasteiger partial charge in [-0.1, -0.05) is 73.2 Å². The molecular weight excluding hydrogens is 420 g/mol. The van der Waals surface area contributed by atoms with E-state index in [-0.39, 0.29) is 0 Å². The van der Waals surface area contributed by atoms with Crippen LogP contribution in [0.5, 0.6) is 0 Å². The molecule has 0 N–H and O–H groups in total. The Morgan fingerprint density at radius 2 is 1.39 bits per heavy atom. The van der Waals surface area contributed by atoms with Crippen LogP contribution in [-0.4, -0.2) is 42.0 Å². The fraction of sp³-hybridized carbons (Fsp3) is 0.467. The van der Waals surface area contributed by atoms with Crippen molar-refractivity contribution in [2.24, 2.45) is 5.41 Å². The van der Waals surface area contributed by atoms with Gasteiger partial charge < -0.3 is 0 Å². The fourth-order valence-electron chi connectivity index (χ4n) is 6.20. The number of thiophene rings is 1. The van der Waals surface area contributed by atoms with Gasteiger partial charge in [0, 0.05) is 43.6 Å². The molecule has 0 spiro atoms. The van der Waals surface area contributed by atoms with Crippen molar-refractivity contribution in [1.29, 1.82) is 0 Å². The zero-order valence-electron chi connectivity index (χ0n) is 19.9. The molecule has 2 heterocycles. The zero-order chi connectivity index (χ0) is 22.3. The number of rotatable bonds is 7. The summed E-state index contributed by atoms with van der Waals surface area (Å²) in [5.41, 5.74) is 3.40. The molecule has 1 aliphatic heterocycles. The lowest BCUT2D eigenvalue weighted by molar-refractivity contribution is 0.0836. The Balaban J connectivity index is 1.23. The summed E-state index contributed by atoms with van der Waals surface area (Å²) in [6, 6.07) is 27.7. The molecule has 3 heteroatoms. The maximum Gasteiger partial charge on any atom is 0.0328 e. The van der Waals surface area contributed by atoms with Gasteiger partial charge in [0.15, 0.2) is 0 Å². The summed E-state index contributed by atoms with van der Waals surface area (Å²) in [4.78, 5) is 6.98. The number of hydrogen-bond donors (Lipinski definition) is 0. The van der Waals surface area contributed by atoms with Crippen molar-refractivity contribution in [3.8, 4) is 0 Å². The first-order valence-electron chi connectivity index (χ1n) is 12.8. The lowest BCUT2D eigenvalue weighted by Crippen LogP contribution is -2.49. The first-order chi connectivity index (χ1) is 16.3. The van der Waals surface area contributed by atoms with Gasteiger partial charge in [-0.25, -0.2) is 0 Å². The monoisotopic (exact) mass is 458 g/mol. The topological polar surface area (TPSA) is 6.48 Å². The Kier molecular flexibility index (Phi) is 7.60. The van der Waals surface area contributed by atoms with E-state index in [0.29, 0.717) is 5.41 Å². The Hall–Kier alpha value is -1.94. The molecule has 2 nitrogen and oxygen atoms in total. The lowest BCUT2D eigenvalue weighted by Gasteiger charge is -2.39. The molecular formula is C30H38N2S. The third-order valence-corrected chi connectivity index (χ3v) is 8.84. The van der Waals surface area contributed by atoms with E-state index in [1.807, 2.05) is 11.3 Å². The first kappa shape index (κ1) is 22.8. The van der Waals surface area contributed by atoms with Crippen molar-refractivity contribution in [2.45, 2.75) is 57.5 Å². The Morgan fingerprint density at radius 1 is 0.727 bits per heavy atom. The van der Waals surface area contributed by atoms with E-state index in [9.17, 15) is 0 Å². The van der Waals surface area contributed by atoms with Crippen molar-refractivity contribution in [2.75, 3.05) is 26.2 Å². The van der Waals surface area contributed by atoms with Crippen LogP contribution in [0.25, 0.3) is 0 Å². The first-order valence-corrected chi connectivity index (χ1v) is 13.7. The van der Waals surface area contributed by atoms with E-state index in [4.69, 9.17) is 0 Å². The van der Waals surface area contributed by atoms with E-state index in [1.165, 1.54) is 87.1 Å². The molecule has 0 bridgehead atoms. The SMILES string of the molecule is c1ccc(CC2(Cc3ccccc3)CCCC(N3CCN(Cc4cccs4)CC3)CC2)cc1. The smallest absolute Gasteiger partial charge is 0.0328 e. The molecule has 2 aromatic carbocycles. The van der Waals surface area contributed by atoms with Gasteiger partial charge >= 0.3 is 0 Å². The standard InChI is InChI=1S/C30H38N2S/c1-3-9-26(10-4-1)23-30(24-27-11-5-2-6-12-27)16-7-13-28(15-17-30)32-20-18-31(19-21-32)25-29-14-8-22-33-29/h1-6,8-12,14,22,28H,7,13,15-21,23-25H2. The normalized spacial score (nSPS) is 22.1. The third-order valence-electron chi connectivity index (χ3n) is 7.98. The molecule has 1 atom stereocenters. The van der Waals surface area contributed by atoms with E-state index in [1.54, 1.807) is 0 Å². The summed E-state index contributed by atoms with van der Waals surface area (Å²) >= 11 is 1.89. The molecule has 0 amide bonds. The minimum atomic E-state index is 0.387. The van der Waals surface area contributed by atoms with Crippen molar-refractivity contribution >= 4 is 11.3 Å². The minimum absolute atomic E-state index is 0.387. The van der Waals surface area contributed by atoms with Gasteiger partial charge in [0.2, 0.25) is 0 Å². The van der Waals surface area contributed by atoms with E-state index in [2.05, 4.69) is 88.0 Å². The van der Waals surface area contributed by atoms with Gasteiger partial charge in [0.05, 0.1) is 0 Å². The van der Waals surface area contributed by atoms with Gasteiger partial charge in [-0.05, 0) is 66.5 Å². The molecule has 2 fully saturated rings. The number of nitrogens with zero attached hydrogens (tertiary/aromatic N) is 2. The fourth-order valence-corrected chi connectivity index (χ4v) is 6.95. The van der Waals surface area contributed by atoms with E-state index < -0.39 is 0 Å². The van der Waals surface area contributed by atoms with Crippen LogP contribution in [-0.2, 0) is 19.4 Å². The molecule has 0 radical (unpaired) electrons. The van der Waals surface area contributed by atoms with Crippen LogP contribution in [0, 0.1) is 5.41 Å². The molecule has 3 aromatic rings. The van der Waals surface area contributed by atoms with Gasteiger partial charge in [-0.3, -0.25) is 9.80 Å². The van der Waals surface area contributed by atoms with Gasteiger partial charge in [0.25, 0.3) is 0 Å². The van der Waals surface area contributed by atoms with Crippen molar-refractivity contribution in [3.05, 3.63) is 94.2 Å². The second-order valence-corrected chi connectivity index (χ2v) is 11.3. The molecule has 1 saturated heterocycles.